The summed E-state index contributed by atoms with van der Waals surface area (Å²) in [5.74, 6) is -0.469. The Morgan fingerprint density at radius 3 is 2.47 bits per heavy atom. The molecule has 0 aliphatic carbocycles. The summed E-state index contributed by atoms with van der Waals surface area (Å²) >= 11 is 0. The van der Waals surface area contributed by atoms with E-state index in [-0.39, 0.29) is 5.75 Å². The fourth-order valence-corrected chi connectivity index (χ4v) is 2.40. The Morgan fingerprint density at radius 1 is 1.32 bits per heavy atom. The summed E-state index contributed by atoms with van der Waals surface area (Å²) in [6.07, 6.45) is 0. The molecule has 0 spiro atoms. The molecule has 19 heavy (non-hydrogen) atoms. The number of benzene rings is 1. The molecular formula is C13H20N2O3S. The van der Waals surface area contributed by atoms with Crippen LogP contribution in [0.1, 0.15) is 31.1 Å². The smallest absolute Gasteiger partial charge is 0.248 e. The highest BCUT2D eigenvalue weighted by Crippen LogP contribution is 2.16. The molecule has 0 saturated heterocycles. The predicted molar refractivity (Wildman–Crippen MR) is 77.0 cm³/mol. The molecule has 0 atom stereocenters. The zero-order valence-corrected chi connectivity index (χ0v) is 12.3. The van der Waals surface area contributed by atoms with Crippen LogP contribution in [-0.4, -0.2) is 31.4 Å². The highest BCUT2D eigenvalue weighted by Gasteiger charge is 2.28. The van der Waals surface area contributed by atoms with Crippen LogP contribution in [0.2, 0.25) is 0 Å². The summed E-state index contributed by atoms with van der Waals surface area (Å²) in [6, 6.07) is 6.67. The molecule has 106 valence electrons. The van der Waals surface area contributed by atoms with Gasteiger partial charge in [0.15, 0.2) is 9.84 Å². The van der Waals surface area contributed by atoms with E-state index in [0.29, 0.717) is 17.8 Å². The van der Waals surface area contributed by atoms with Crippen LogP contribution < -0.4 is 11.1 Å². The van der Waals surface area contributed by atoms with Crippen molar-refractivity contribution < 1.29 is 13.2 Å². The van der Waals surface area contributed by atoms with Gasteiger partial charge in [0, 0.05) is 17.8 Å². The van der Waals surface area contributed by atoms with Crippen LogP contribution in [-0.2, 0) is 9.84 Å². The zero-order chi connectivity index (χ0) is 14.7. The molecule has 0 heterocycles. The van der Waals surface area contributed by atoms with E-state index in [0.717, 1.165) is 0 Å². The van der Waals surface area contributed by atoms with Crippen molar-refractivity contribution in [1.29, 1.82) is 0 Å². The maximum absolute atomic E-state index is 11.9. The van der Waals surface area contributed by atoms with E-state index < -0.39 is 20.5 Å². The van der Waals surface area contributed by atoms with Crippen molar-refractivity contribution in [1.82, 2.24) is 0 Å². The Kier molecular flexibility index (Phi) is 4.57. The number of sulfone groups is 1. The first-order valence-corrected chi connectivity index (χ1v) is 7.65. The molecule has 0 aliphatic rings. The number of carbonyl (C=O) groups is 1. The molecule has 1 amide bonds. The number of nitrogens with two attached hydrogens (primary N) is 1. The second-order valence-electron chi connectivity index (χ2n) is 5.30. The highest BCUT2D eigenvalue weighted by molar-refractivity contribution is 7.92. The predicted octanol–water partition coefficient (Wildman–Crippen LogP) is 1.41. The topological polar surface area (TPSA) is 89.3 Å². The molecule has 1 aromatic rings. The molecule has 0 fully saturated rings. The van der Waals surface area contributed by atoms with E-state index in [1.165, 1.54) is 0 Å². The average molecular weight is 284 g/mol. The van der Waals surface area contributed by atoms with E-state index in [2.05, 4.69) is 5.32 Å². The SMILES string of the molecule is CC(C)(C)S(=O)(=O)CCNc1cccc(C(N)=O)c1. The first-order valence-electron chi connectivity index (χ1n) is 5.99. The number of hydrogen-bond acceptors (Lipinski definition) is 4. The van der Waals surface area contributed by atoms with Crippen molar-refractivity contribution in [2.24, 2.45) is 5.73 Å². The van der Waals surface area contributed by atoms with E-state index in [1.54, 1.807) is 45.0 Å². The maximum atomic E-state index is 11.9. The van der Waals surface area contributed by atoms with Crippen LogP contribution in [0.3, 0.4) is 0 Å². The third kappa shape index (κ3) is 4.24. The Labute approximate surface area is 114 Å². The molecule has 0 saturated carbocycles. The number of carbonyl (C=O) groups excluding carboxylic acids is 1. The lowest BCUT2D eigenvalue weighted by Gasteiger charge is -2.19. The lowest BCUT2D eigenvalue weighted by atomic mass is 10.2. The van der Waals surface area contributed by atoms with Crippen molar-refractivity contribution in [3.8, 4) is 0 Å². The van der Waals surface area contributed by atoms with Crippen molar-refractivity contribution in [2.45, 2.75) is 25.5 Å². The van der Waals surface area contributed by atoms with Gasteiger partial charge in [0.25, 0.3) is 0 Å². The summed E-state index contributed by atoms with van der Waals surface area (Å²) in [7, 11) is -3.15. The van der Waals surface area contributed by atoms with Crippen LogP contribution in [0.4, 0.5) is 5.69 Å². The summed E-state index contributed by atoms with van der Waals surface area (Å²) in [4.78, 5) is 11.0. The molecule has 0 radical (unpaired) electrons. The molecule has 0 aliphatic heterocycles. The van der Waals surface area contributed by atoms with Gasteiger partial charge in [-0.3, -0.25) is 4.79 Å². The van der Waals surface area contributed by atoms with Crippen molar-refractivity contribution in [2.75, 3.05) is 17.6 Å². The second kappa shape index (κ2) is 5.61. The van der Waals surface area contributed by atoms with E-state index in [4.69, 9.17) is 5.73 Å². The number of rotatable bonds is 5. The Hall–Kier alpha value is -1.56. The summed E-state index contributed by atoms with van der Waals surface area (Å²) < 4.78 is 23.0. The quantitative estimate of drug-likeness (QED) is 0.855. The van der Waals surface area contributed by atoms with Gasteiger partial charge in [0.05, 0.1) is 10.5 Å². The van der Waals surface area contributed by atoms with Gasteiger partial charge in [0.2, 0.25) is 5.91 Å². The van der Waals surface area contributed by atoms with Crippen LogP contribution in [0.15, 0.2) is 24.3 Å². The van der Waals surface area contributed by atoms with Crippen molar-refractivity contribution in [3.05, 3.63) is 29.8 Å². The Bertz CT molecular complexity index is 559. The lowest BCUT2D eigenvalue weighted by Crippen LogP contribution is -2.32. The van der Waals surface area contributed by atoms with Gasteiger partial charge in [-0.05, 0) is 39.0 Å². The molecule has 5 nitrogen and oxygen atoms in total. The Balaban J connectivity index is 2.64. The van der Waals surface area contributed by atoms with Gasteiger partial charge in [-0.25, -0.2) is 8.42 Å². The molecule has 0 aromatic heterocycles. The normalized spacial score (nSPS) is 12.2. The van der Waals surface area contributed by atoms with Crippen LogP contribution >= 0.6 is 0 Å². The van der Waals surface area contributed by atoms with Gasteiger partial charge in [-0.15, -0.1) is 0 Å². The first kappa shape index (κ1) is 15.5. The maximum Gasteiger partial charge on any atom is 0.248 e. The minimum absolute atomic E-state index is 0.0390. The lowest BCUT2D eigenvalue weighted by molar-refractivity contribution is 0.100. The van der Waals surface area contributed by atoms with Gasteiger partial charge >= 0.3 is 0 Å². The standard InChI is InChI=1S/C13H20N2O3S/c1-13(2,3)19(17,18)8-7-15-11-6-4-5-10(9-11)12(14)16/h4-6,9,15H,7-8H2,1-3H3,(H2,14,16). The number of anilines is 1. The average Bonchev–Trinajstić information content (AvgIpc) is 2.27. The fraction of sp³-hybridized carbons (Fsp3) is 0.462. The minimum atomic E-state index is -3.15. The van der Waals surface area contributed by atoms with Crippen LogP contribution in [0.25, 0.3) is 0 Å². The fourth-order valence-electron chi connectivity index (χ4n) is 1.42. The monoisotopic (exact) mass is 284 g/mol. The molecule has 3 N–H and O–H groups in total. The second-order valence-corrected chi connectivity index (χ2v) is 8.17. The van der Waals surface area contributed by atoms with E-state index in [1.807, 2.05) is 0 Å². The number of amides is 1. The van der Waals surface area contributed by atoms with Gasteiger partial charge in [0.1, 0.15) is 0 Å². The Morgan fingerprint density at radius 2 is 1.95 bits per heavy atom. The van der Waals surface area contributed by atoms with Gasteiger partial charge in [-0.1, -0.05) is 6.07 Å². The van der Waals surface area contributed by atoms with Crippen LogP contribution in [0, 0.1) is 0 Å². The van der Waals surface area contributed by atoms with E-state index >= 15 is 0 Å². The highest BCUT2D eigenvalue weighted by atomic mass is 32.2. The molecule has 0 unspecified atom stereocenters. The van der Waals surface area contributed by atoms with E-state index in [9.17, 15) is 13.2 Å². The van der Waals surface area contributed by atoms with Crippen LogP contribution in [0.5, 0.6) is 0 Å². The number of hydrogen-bond donors (Lipinski definition) is 2. The molecule has 0 bridgehead atoms. The number of nitrogens with one attached hydrogen (secondary N) is 1. The van der Waals surface area contributed by atoms with Crippen molar-refractivity contribution >= 4 is 21.4 Å². The molecule has 1 rings (SSSR count). The van der Waals surface area contributed by atoms with Gasteiger partial charge in [-0.2, -0.15) is 0 Å². The number of primary amides is 1. The zero-order valence-electron chi connectivity index (χ0n) is 11.4. The summed E-state index contributed by atoms with van der Waals surface area (Å²) in [6.45, 7) is 5.32. The third-order valence-electron chi connectivity index (χ3n) is 2.78. The summed E-state index contributed by atoms with van der Waals surface area (Å²) in [5, 5.41) is 2.98. The largest absolute Gasteiger partial charge is 0.384 e. The molecule has 1 aromatic carbocycles. The minimum Gasteiger partial charge on any atom is -0.384 e. The molecule has 6 heteroatoms. The summed E-state index contributed by atoms with van der Waals surface area (Å²) in [5.41, 5.74) is 6.25. The molecular weight excluding hydrogens is 264 g/mol. The van der Waals surface area contributed by atoms with Crippen molar-refractivity contribution in [3.63, 3.8) is 0 Å². The first-order chi connectivity index (χ1) is 8.63. The third-order valence-corrected chi connectivity index (χ3v) is 5.39. The van der Waals surface area contributed by atoms with Gasteiger partial charge < -0.3 is 11.1 Å².